The van der Waals surface area contributed by atoms with Crippen LogP contribution in [-0.2, 0) is 28.6 Å². The summed E-state index contributed by atoms with van der Waals surface area (Å²) in [6.45, 7) is 6.60. The van der Waals surface area contributed by atoms with E-state index in [2.05, 4.69) is 45.1 Å². The third-order valence-corrected chi connectivity index (χ3v) is 10.7. The molecule has 0 saturated heterocycles. The molecule has 0 aliphatic carbocycles. The van der Waals surface area contributed by atoms with Crippen LogP contribution in [0.4, 0.5) is 0 Å². The van der Waals surface area contributed by atoms with Crippen LogP contribution >= 0.6 is 0 Å². The van der Waals surface area contributed by atoms with E-state index in [1.165, 1.54) is 148 Å². The second-order valence-electron chi connectivity index (χ2n) is 16.4. The molecule has 56 heavy (non-hydrogen) atoms. The van der Waals surface area contributed by atoms with Crippen molar-refractivity contribution >= 4 is 17.9 Å². The Morgan fingerprint density at radius 2 is 0.589 bits per heavy atom. The molecule has 6 heteroatoms. The molecule has 6 nitrogen and oxygen atoms in total. The van der Waals surface area contributed by atoms with Gasteiger partial charge in [-0.25, -0.2) is 0 Å². The van der Waals surface area contributed by atoms with Gasteiger partial charge in [-0.3, -0.25) is 14.4 Å². The van der Waals surface area contributed by atoms with E-state index >= 15 is 0 Å². The Balaban J connectivity index is 4.37. The van der Waals surface area contributed by atoms with Gasteiger partial charge in [-0.15, -0.1) is 0 Å². The van der Waals surface area contributed by atoms with Crippen LogP contribution in [0.1, 0.15) is 258 Å². The molecule has 328 valence electrons. The number of rotatable bonds is 44. The normalized spacial score (nSPS) is 12.1. The van der Waals surface area contributed by atoms with Gasteiger partial charge in [0.1, 0.15) is 13.2 Å². The zero-order chi connectivity index (χ0) is 40.8. The zero-order valence-electron chi connectivity index (χ0n) is 37.4. The van der Waals surface area contributed by atoms with Crippen LogP contribution in [0.5, 0.6) is 0 Å². The van der Waals surface area contributed by atoms with Crippen LogP contribution in [0.15, 0.2) is 24.3 Å². The molecule has 0 fully saturated rings. The van der Waals surface area contributed by atoms with Crippen LogP contribution in [0, 0.1) is 0 Å². The average Bonchev–Trinajstić information content (AvgIpc) is 3.19. The van der Waals surface area contributed by atoms with Crippen molar-refractivity contribution in [2.24, 2.45) is 0 Å². The Bertz CT molecular complexity index is 911. The number of hydrogen-bond donors (Lipinski definition) is 0. The Labute approximate surface area is 347 Å². The van der Waals surface area contributed by atoms with Gasteiger partial charge in [0.2, 0.25) is 0 Å². The number of ether oxygens (including phenoxy) is 3. The van der Waals surface area contributed by atoms with Gasteiger partial charge >= 0.3 is 17.9 Å². The maximum absolute atomic E-state index is 12.7. The first kappa shape index (κ1) is 53.9. The molecular formula is C50H92O6. The Morgan fingerprint density at radius 1 is 0.339 bits per heavy atom. The summed E-state index contributed by atoms with van der Waals surface area (Å²) in [6.07, 6.45) is 50.1. The van der Waals surface area contributed by atoms with Crippen molar-refractivity contribution in [1.29, 1.82) is 0 Å². The minimum atomic E-state index is -0.772. The second-order valence-corrected chi connectivity index (χ2v) is 16.4. The number of hydrogen-bond acceptors (Lipinski definition) is 6. The first-order chi connectivity index (χ1) is 27.5. The first-order valence-corrected chi connectivity index (χ1v) is 24.3. The molecule has 0 rings (SSSR count). The van der Waals surface area contributed by atoms with E-state index < -0.39 is 6.10 Å². The van der Waals surface area contributed by atoms with Crippen molar-refractivity contribution in [3.63, 3.8) is 0 Å². The van der Waals surface area contributed by atoms with Gasteiger partial charge in [0, 0.05) is 19.3 Å². The predicted molar refractivity (Wildman–Crippen MR) is 238 cm³/mol. The maximum atomic E-state index is 12.7. The highest BCUT2D eigenvalue weighted by atomic mass is 16.6. The summed E-state index contributed by atoms with van der Waals surface area (Å²) in [5.74, 6) is -0.885. The summed E-state index contributed by atoms with van der Waals surface area (Å²) in [5, 5.41) is 0. The number of carbonyl (C=O) groups is 3. The zero-order valence-corrected chi connectivity index (χ0v) is 37.4. The van der Waals surface area contributed by atoms with Gasteiger partial charge in [-0.1, -0.05) is 193 Å². The summed E-state index contributed by atoms with van der Waals surface area (Å²) in [4.78, 5) is 37.8. The lowest BCUT2D eigenvalue weighted by molar-refractivity contribution is -0.167. The van der Waals surface area contributed by atoms with Gasteiger partial charge < -0.3 is 14.2 Å². The van der Waals surface area contributed by atoms with Crippen LogP contribution in [0.2, 0.25) is 0 Å². The van der Waals surface area contributed by atoms with Crippen molar-refractivity contribution in [2.45, 2.75) is 264 Å². The summed E-state index contributed by atoms with van der Waals surface area (Å²) in [7, 11) is 0. The fourth-order valence-electron chi connectivity index (χ4n) is 6.96. The van der Waals surface area contributed by atoms with E-state index in [1.807, 2.05) is 0 Å². The molecule has 1 atom stereocenters. The lowest BCUT2D eigenvalue weighted by atomic mass is 10.1. The van der Waals surface area contributed by atoms with Crippen LogP contribution in [0.3, 0.4) is 0 Å². The molecule has 0 aromatic heterocycles. The van der Waals surface area contributed by atoms with Gasteiger partial charge in [-0.05, 0) is 70.6 Å². The molecule has 0 saturated carbocycles. The van der Waals surface area contributed by atoms with E-state index in [0.717, 1.165) is 70.6 Å². The highest BCUT2D eigenvalue weighted by Crippen LogP contribution is 2.15. The quantitative estimate of drug-likeness (QED) is 0.0265. The van der Waals surface area contributed by atoms with E-state index in [4.69, 9.17) is 14.2 Å². The largest absolute Gasteiger partial charge is 0.462 e. The predicted octanol–water partition coefficient (Wildman–Crippen LogP) is 15.6. The first-order valence-electron chi connectivity index (χ1n) is 24.3. The number of unbranched alkanes of at least 4 members (excludes halogenated alkanes) is 29. The number of allylic oxidation sites excluding steroid dienone is 4. The number of carbonyl (C=O) groups excluding carboxylic acids is 3. The Morgan fingerprint density at radius 3 is 0.911 bits per heavy atom. The van der Waals surface area contributed by atoms with Gasteiger partial charge in [0.05, 0.1) is 0 Å². The van der Waals surface area contributed by atoms with E-state index in [9.17, 15) is 14.4 Å². The van der Waals surface area contributed by atoms with Crippen molar-refractivity contribution < 1.29 is 28.6 Å². The van der Waals surface area contributed by atoms with Gasteiger partial charge in [-0.2, -0.15) is 0 Å². The summed E-state index contributed by atoms with van der Waals surface area (Å²) in [6, 6.07) is 0. The molecule has 0 radical (unpaired) electrons. The highest BCUT2D eigenvalue weighted by Gasteiger charge is 2.19. The average molecular weight is 789 g/mol. The second kappa shape index (κ2) is 45.6. The Kier molecular flexibility index (Phi) is 43.9. The summed E-state index contributed by atoms with van der Waals surface area (Å²) < 4.78 is 16.7. The lowest BCUT2D eigenvalue weighted by Crippen LogP contribution is -2.30. The fourth-order valence-corrected chi connectivity index (χ4v) is 6.96. The smallest absolute Gasteiger partial charge is 0.306 e. The highest BCUT2D eigenvalue weighted by molar-refractivity contribution is 5.71. The molecule has 0 amide bonds. The molecule has 0 N–H and O–H groups in total. The Hall–Kier alpha value is -2.11. The SMILES string of the molecule is CCCCCC/C=C\CCCCCCCC(=O)OC(COC(=O)CCCCCCC/C=C\CCCCCCC)COC(=O)CCCCCCCCCCCCC. The third-order valence-electron chi connectivity index (χ3n) is 10.7. The standard InChI is InChI=1S/C50H92O6/c1-4-7-10-13-16-19-22-24-26-28-31-34-37-40-43-49(52)55-46-47(45-54-48(51)42-39-36-33-30-27-21-18-15-12-9-6-3)56-50(53)44-41-38-35-32-29-25-23-20-17-14-11-8-5-2/h20,22-24,47H,4-19,21,25-46H2,1-3H3/b23-20-,24-22-. The molecule has 0 bridgehead atoms. The van der Waals surface area contributed by atoms with Crippen LogP contribution in [-0.4, -0.2) is 37.2 Å². The minimum Gasteiger partial charge on any atom is -0.462 e. The van der Waals surface area contributed by atoms with Crippen molar-refractivity contribution in [3.8, 4) is 0 Å². The molecular weight excluding hydrogens is 697 g/mol. The number of esters is 3. The van der Waals surface area contributed by atoms with Gasteiger partial charge in [0.15, 0.2) is 6.10 Å². The molecule has 0 spiro atoms. The fraction of sp³-hybridized carbons (Fsp3) is 0.860. The monoisotopic (exact) mass is 789 g/mol. The van der Waals surface area contributed by atoms with Crippen LogP contribution < -0.4 is 0 Å². The molecule has 0 heterocycles. The van der Waals surface area contributed by atoms with E-state index in [0.29, 0.717) is 19.3 Å². The molecule has 0 aliphatic rings. The molecule has 0 aliphatic heterocycles. The van der Waals surface area contributed by atoms with Crippen LogP contribution in [0.25, 0.3) is 0 Å². The van der Waals surface area contributed by atoms with E-state index in [1.54, 1.807) is 0 Å². The topological polar surface area (TPSA) is 78.9 Å². The lowest BCUT2D eigenvalue weighted by Gasteiger charge is -2.18. The van der Waals surface area contributed by atoms with Crippen molar-refractivity contribution in [1.82, 2.24) is 0 Å². The summed E-state index contributed by atoms with van der Waals surface area (Å²) >= 11 is 0. The van der Waals surface area contributed by atoms with Gasteiger partial charge in [0.25, 0.3) is 0 Å². The molecule has 1 unspecified atom stereocenters. The van der Waals surface area contributed by atoms with E-state index in [-0.39, 0.29) is 31.1 Å². The third kappa shape index (κ3) is 43.0. The summed E-state index contributed by atoms with van der Waals surface area (Å²) in [5.41, 5.74) is 0. The molecule has 0 aromatic rings. The van der Waals surface area contributed by atoms with Crippen molar-refractivity contribution in [2.75, 3.05) is 13.2 Å². The molecule has 0 aromatic carbocycles. The minimum absolute atomic E-state index is 0.0741. The van der Waals surface area contributed by atoms with Crippen molar-refractivity contribution in [3.05, 3.63) is 24.3 Å². The maximum Gasteiger partial charge on any atom is 0.306 e.